The molecule has 10 rings (SSSR count). The smallest absolute Gasteiger partial charge is 0.224 e. The number of ether oxygens (including phenoxy) is 1. The minimum Gasteiger partial charge on any atom is -0.461 e. The number of aliphatic hydroxyl groups is 3. The molecule has 9 atom stereocenters. The number of allylic oxidation sites excluding steroid dienone is 4. The van der Waals surface area contributed by atoms with E-state index >= 15 is 0 Å². The number of furan rings is 1. The summed E-state index contributed by atoms with van der Waals surface area (Å²) in [4.78, 5) is 16.9. The van der Waals surface area contributed by atoms with Crippen LogP contribution < -0.4 is 0 Å². The van der Waals surface area contributed by atoms with Gasteiger partial charge in [0, 0.05) is 41.5 Å². The van der Waals surface area contributed by atoms with Gasteiger partial charge in [0.05, 0.1) is 37.3 Å². The van der Waals surface area contributed by atoms with Crippen molar-refractivity contribution in [2.45, 2.75) is 89.8 Å². The molecule has 6 aliphatic rings. The van der Waals surface area contributed by atoms with Crippen molar-refractivity contribution >= 4 is 16.6 Å². The van der Waals surface area contributed by atoms with Gasteiger partial charge in [-0.2, -0.15) is 0 Å². The second kappa shape index (κ2) is 13.7. The Labute approximate surface area is 324 Å². The lowest BCUT2D eigenvalue weighted by Crippen LogP contribution is -2.67. The highest BCUT2D eigenvalue weighted by Crippen LogP contribution is 2.78. The Bertz CT molecular complexity index is 2110. The number of carbonyl (C=O) groups excluding carboxylic acids is 1. The Morgan fingerprint density at radius 3 is 2.45 bits per heavy atom. The molecule has 3 N–H and O–H groups in total. The third-order valence-corrected chi connectivity index (χ3v) is 15.4. The molecule has 0 saturated heterocycles. The predicted molar refractivity (Wildman–Crippen MR) is 213 cm³/mol. The van der Waals surface area contributed by atoms with Gasteiger partial charge in [0.25, 0.3) is 0 Å². The fraction of sp³-hybridized carbons (Fsp3) is 0.479. The number of hydrogen-bond acceptors (Lipinski definition) is 7. The summed E-state index contributed by atoms with van der Waals surface area (Å²) in [6.45, 7) is 6.60. The molecule has 0 radical (unpaired) electrons. The number of fused-ring (bicyclic) bond motifs is 2. The van der Waals surface area contributed by atoms with Crippen molar-refractivity contribution < 1.29 is 29.3 Å². The molecule has 7 heteroatoms. The molecule has 3 saturated carbocycles. The standard InChI is InChI=1S/C48H55NO6/c1-44-20-17-36(50)26-46(44)23-24-48(39(27-46)43(52)40-16-9-25-55-40)41(44)18-21-45(2)42(48)19-22-47(45,53)32-49(28-35-14-8-13-34-12-6-7-15-38(34)35)29-37(51)31-54-30-33-10-4-3-5-11-33/h3-16,23-25,27,36-37,41-42,50-51,53H,17-22,26,28-32H2,1-2H3. The van der Waals surface area contributed by atoms with E-state index in [9.17, 15) is 20.1 Å². The normalized spacial score (nSPS) is 35.3. The fourth-order valence-corrected chi connectivity index (χ4v) is 12.6. The number of hydrogen-bond donors (Lipinski definition) is 3. The summed E-state index contributed by atoms with van der Waals surface area (Å²) >= 11 is 0. The molecule has 6 aliphatic carbocycles. The first-order chi connectivity index (χ1) is 26.5. The zero-order valence-electron chi connectivity index (χ0n) is 32.2. The van der Waals surface area contributed by atoms with Crippen molar-refractivity contribution in [2.24, 2.45) is 33.5 Å². The van der Waals surface area contributed by atoms with E-state index in [0.717, 1.165) is 54.2 Å². The summed E-state index contributed by atoms with van der Waals surface area (Å²) in [6, 6.07) is 28.3. The molecular formula is C48H55NO6. The average Bonchev–Trinajstić information content (AvgIpc) is 3.81. The Hall–Kier alpha value is -3.85. The van der Waals surface area contributed by atoms with Gasteiger partial charge in [-0.05, 0) is 96.2 Å². The van der Waals surface area contributed by atoms with Crippen LogP contribution in [-0.4, -0.2) is 63.5 Å². The van der Waals surface area contributed by atoms with Gasteiger partial charge in [-0.15, -0.1) is 0 Å². The first-order valence-electron chi connectivity index (χ1n) is 20.4. The number of nitrogens with zero attached hydrogens (tertiary/aromatic N) is 1. The van der Waals surface area contributed by atoms with E-state index in [2.05, 4.69) is 79.4 Å². The van der Waals surface area contributed by atoms with E-state index in [0.29, 0.717) is 44.8 Å². The maximum atomic E-state index is 14.6. The number of Topliss-reactive ketones (excluding diaryl/α,β-unsaturated/α-hetero) is 1. The van der Waals surface area contributed by atoms with Crippen LogP contribution in [0.25, 0.3) is 10.8 Å². The van der Waals surface area contributed by atoms with E-state index in [1.54, 1.807) is 18.4 Å². The van der Waals surface area contributed by atoms with Gasteiger partial charge in [-0.1, -0.05) is 105 Å². The van der Waals surface area contributed by atoms with E-state index in [1.165, 1.54) is 5.39 Å². The van der Waals surface area contributed by atoms with Gasteiger partial charge < -0.3 is 24.5 Å². The second-order valence-electron chi connectivity index (χ2n) is 18.1. The lowest BCUT2D eigenvalue weighted by atomic mass is 9.32. The largest absolute Gasteiger partial charge is 0.461 e. The van der Waals surface area contributed by atoms with Crippen molar-refractivity contribution in [2.75, 3.05) is 19.7 Å². The van der Waals surface area contributed by atoms with Crippen LogP contribution in [0.1, 0.15) is 80.5 Å². The maximum absolute atomic E-state index is 14.6. The summed E-state index contributed by atoms with van der Waals surface area (Å²) in [5, 5.41) is 38.1. The predicted octanol–water partition coefficient (Wildman–Crippen LogP) is 8.29. The van der Waals surface area contributed by atoms with E-state index in [-0.39, 0.29) is 29.6 Å². The number of aliphatic hydroxyl groups excluding tert-OH is 2. The molecule has 2 bridgehead atoms. The second-order valence-corrected chi connectivity index (χ2v) is 18.1. The number of benzene rings is 3. The first-order valence-corrected chi connectivity index (χ1v) is 20.4. The molecule has 1 aromatic heterocycles. The lowest BCUT2D eigenvalue weighted by Gasteiger charge is -2.71. The zero-order valence-corrected chi connectivity index (χ0v) is 32.2. The molecule has 7 nitrogen and oxygen atoms in total. The van der Waals surface area contributed by atoms with Crippen LogP contribution in [0.5, 0.6) is 0 Å². The van der Waals surface area contributed by atoms with Crippen molar-refractivity contribution in [3.63, 3.8) is 0 Å². The van der Waals surface area contributed by atoms with Crippen LogP contribution in [-0.2, 0) is 17.9 Å². The zero-order chi connectivity index (χ0) is 38.1. The summed E-state index contributed by atoms with van der Waals surface area (Å²) < 4.78 is 11.8. The minimum absolute atomic E-state index is 0.0191. The van der Waals surface area contributed by atoms with Gasteiger partial charge in [-0.25, -0.2) is 0 Å². The maximum Gasteiger partial charge on any atom is 0.224 e. The Balaban J connectivity index is 1.05. The summed E-state index contributed by atoms with van der Waals surface area (Å²) in [5.41, 5.74) is 0.350. The molecule has 1 heterocycles. The minimum atomic E-state index is -1.07. The first kappa shape index (κ1) is 36.8. The highest BCUT2D eigenvalue weighted by Gasteiger charge is 2.74. The molecule has 3 aromatic carbocycles. The molecule has 4 aromatic rings. The van der Waals surface area contributed by atoms with Gasteiger partial charge in [0.1, 0.15) is 0 Å². The van der Waals surface area contributed by atoms with E-state index in [4.69, 9.17) is 9.15 Å². The van der Waals surface area contributed by atoms with Crippen molar-refractivity contribution in [3.8, 4) is 0 Å². The fourth-order valence-electron chi connectivity index (χ4n) is 12.6. The molecule has 3 fully saturated rings. The third kappa shape index (κ3) is 5.75. The molecule has 0 aliphatic heterocycles. The Kier molecular flexibility index (Phi) is 9.14. The summed E-state index contributed by atoms with van der Waals surface area (Å²) in [5.74, 6) is 0.495. The lowest BCUT2D eigenvalue weighted by molar-refractivity contribution is -0.177. The Morgan fingerprint density at radius 1 is 0.891 bits per heavy atom. The number of rotatable bonds is 12. The third-order valence-electron chi connectivity index (χ3n) is 15.4. The average molecular weight is 742 g/mol. The highest BCUT2D eigenvalue weighted by molar-refractivity contribution is 6.08. The van der Waals surface area contributed by atoms with Crippen LogP contribution in [0, 0.1) is 33.5 Å². The monoisotopic (exact) mass is 741 g/mol. The molecule has 2 spiro atoms. The molecule has 55 heavy (non-hydrogen) atoms. The van der Waals surface area contributed by atoms with Crippen molar-refractivity contribution in [1.29, 1.82) is 0 Å². The number of ketones is 1. The molecular weight excluding hydrogens is 687 g/mol. The molecule has 0 amide bonds. The van der Waals surface area contributed by atoms with Gasteiger partial charge in [0.15, 0.2) is 5.76 Å². The van der Waals surface area contributed by atoms with Crippen molar-refractivity contribution in [3.05, 3.63) is 132 Å². The quantitative estimate of drug-likeness (QED) is 0.0992. The van der Waals surface area contributed by atoms with Crippen LogP contribution in [0.2, 0.25) is 0 Å². The van der Waals surface area contributed by atoms with E-state index in [1.807, 2.05) is 30.3 Å². The van der Waals surface area contributed by atoms with Gasteiger partial charge >= 0.3 is 0 Å². The van der Waals surface area contributed by atoms with Crippen molar-refractivity contribution in [1.82, 2.24) is 4.90 Å². The Morgan fingerprint density at radius 2 is 1.64 bits per heavy atom. The van der Waals surface area contributed by atoms with Crippen LogP contribution in [0.4, 0.5) is 0 Å². The molecule has 9 unspecified atom stereocenters. The summed E-state index contributed by atoms with van der Waals surface area (Å²) in [6.07, 6.45) is 12.7. The molecule has 288 valence electrons. The summed E-state index contributed by atoms with van der Waals surface area (Å²) in [7, 11) is 0. The number of carbonyl (C=O) groups is 1. The SMILES string of the molecule is CC12CCC(O)CC13C=CC1(C(C(=O)c4ccco4)=C3)C2CCC2(C)C1CCC2(O)CN(Cc1cccc2ccccc12)CC(O)COCc1ccccc1. The van der Waals surface area contributed by atoms with Gasteiger partial charge in [-0.3, -0.25) is 9.69 Å². The van der Waals surface area contributed by atoms with Crippen LogP contribution >= 0.6 is 0 Å². The van der Waals surface area contributed by atoms with Gasteiger partial charge in [0.2, 0.25) is 5.78 Å². The highest BCUT2D eigenvalue weighted by atomic mass is 16.5. The van der Waals surface area contributed by atoms with E-state index < -0.39 is 34.1 Å². The van der Waals surface area contributed by atoms with Crippen LogP contribution in [0.3, 0.4) is 0 Å². The topological polar surface area (TPSA) is 103 Å². The van der Waals surface area contributed by atoms with Crippen LogP contribution in [0.15, 0.2) is 119 Å².